The molecule has 0 unspecified atom stereocenters. The largest absolute Gasteiger partial charge is 0.462 e. The Balaban J connectivity index is 1.61. The van der Waals surface area contributed by atoms with Crippen molar-refractivity contribution in [2.24, 2.45) is 0 Å². The van der Waals surface area contributed by atoms with E-state index < -0.39 is 37.3 Å². The van der Waals surface area contributed by atoms with Gasteiger partial charge in [0, 0.05) is 17.8 Å². The van der Waals surface area contributed by atoms with Gasteiger partial charge in [0.25, 0.3) is 0 Å². The molecular formula is C22H23NO6. The van der Waals surface area contributed by atoms with Crippen LogP contribution in [0.25, 0.3) is 21.9 Å². The topological polar surface area (TPSA) is 112 Å². The minimum absolute atomic E-state index is 0.472. The molecule has 0 aliphatic carbocycles. The van der Waals surface area contributed by atoms with Crippen molar-refractivity contribution in [1.29, 1.82) is 0 Å². The van der Waals surface area contributed by atoms with Crippen molar-refractivity contribution in [3.8, 4) is 16.9 Å². The molecule has 0 bridgehead atoms. The van der Waals surface area contributed by atoms with Gasteiger partial charge in [0.05, 0.1) is 6.61 Å². The Morgan fingerprint density at radius 2 is 1.86 bits per heavy atom. The van der Waals surface area contributed by atoms with Crippen LogP contribution < -0.4 is 4.74 Å². The zero-order valence-electron chi connectivity index (χ0n) is 15.8. The molecule has 29 heavy (non-hydrogen) atoms. The van der Waals surface area contributed by atoms with Gasteiger partial charge in [-0.05, 0) is 47.2 Å². The SMILES string of the molecule is Cc1cc(-c2cccc3cnccc23)ccc1O[C@H]1O[C@H](CO)[C@@H](O)[C@H](O)[C@@H]1O. The second-order valence-electron chi connectivity index (χ2n) is 7.20. The highest BCUT2D eigenvalue weighted by Gasteiger charge is 2.44. The molecule has 0 radical (unpaired) electrons. The van der Waals surface area contributed by atoms with Crippen molar-refractivity contribution >= 4 is 10.8 Å². The second-order valence-corrected chi connectivity index (χ2v) is 7.20. The Morgan fingerprint density at radius 1 is 1.03 bits per heavy atom. The highest BCUT2D eigenvalue weighted by Crippen LogP contribution is 2.32. The number of hydrogen-bond acceptors (Lipinski definition) is 7. The number of aliphatic hydroxyl groups is 4. The molecule has 152 valence electrons. The van der Waals surface area contributed by atoms with Crippen LogP contribution >= 0.6 is 0 Å². The third kappa shape index (κ3) is 3.71. The molecule has 2 heterocycles. The summed E-state index contributed by atoms with van der Waals surface area (Å²) in [5.74, 6) is 0.472. The first kappa shape index (κ1) is 19.8. The monoisotopic (exact) mass is 397 g/mol. The summed E-state index contributed by atoms with van der Waals surface area (Å²) in [5.41, 5.74) is 2.87. The first-order valence-electron chi connectivity index (χ1n) is 9.40. The lowest BCUT2D eigenvalue weighted by Crippen LogP contribution is -2.60. The lowest BCUT2D eigenvalue weighted by atomic mass is 9.97. The average molecular weight is 397 g/mol. The van der Waals surface area contributed by atoms with E-state index in [1.54, 1.807) is 12.3 Å². The number of ether oxygens (including phenoxy) is 2. The fourth-order valence-electron chi connectivity index (χ4n) is 3.61. The summed E-state index contributed by atoms with van der Waals surface area (Å²) in [6.07, 6.45) is -2.98. The van der Waals surface area contributed by atoms with Gasteiger partial charge in [-0.25, -0.2) is 0 Å². The van der Waals surface area contributed by atoms with Crippen LogP contribution in [0.5, 0.6) is 5.75 Å². The number of rotatable bonds is 4. The molecule has 5 atom stereocenters. The Morgan fingerprint density at radius 3 is 2.62 bits per heavy atom. The molecule has 0 spiro atoms. The van der Waals surface area contributed by atoms with Crippen LogP contribution in [0.1, 0.15) is 5.56 Å². The number of nitrogens with zero attached hydrogens (tertiary/aromatic N) is 1. The van der Waals surface area contributed by atoms with Crippen LogP contribution in [0.3, 0.4) is 0 Å². The standard InChI is InChI=1S/C22H23NO6/c1-12-9-13(15-4-2-3-14-10-23-8-7-16(14)15)5-6-17(12)28-22-21(27)20(26)19(25)18(11-24)29-22/h2-10,18-22,24-27H,11H2,1H3/t18-,19-,20+,21+,22+/m1/s1. The van der Waals surface area contributed by atoms with E-state index in [9.17, 15) is 20.4 Å². The normalized spacial score (nSPS) is 27.1. The number of hydrogen-bond donors (Lipinski definition) is 4. The van der Waals surface area contributed by atoms with E-state index in [2.05, 4.69) is 4.98 Å². The first-order chi connectivity index (χ1) is 14.0. The van der Waals surface area contributed by atoms with Crippen LogP contribution in [-0.4, -0.2) is 62.7 Å². The van der Waals surface area contributed by atoms with Crippen molar-refractivity contribution in [2.75, 3.05) is 6.61 Å². The van der Waals surface area contributed by atoms with Gasteiger partial charge >= 0.3 is 0 Å². The fraction of sp³-hybridized carbons (Fsp3) is 0.318. The van der Waals surface area contributed by atoms with Gasteiger partial charge in [0.2, 0.25) is 6.29 Å². The number of fused-ring (bicyclic) bond motifs is 1. The van der Waals surface area contributed by atoms with Crippen LogP contribution in [0, 0.1) is 6.92 Å². The molecule has 2 aromatic carbocycles. The third-order valence-electron chi connectivity index (χ3n) is 5.26. The minimum Gasteiger partial charge on any atom is -0.462 e. The Kier molecular flexibility index (Phi) is 5.49. The van der Waals surface area contributed by atoms with Crippen LogP contribution in [0.2, 0.25) is 0 Å². The van der Waals surface area contributed by atoms with Gasteiger partial charge in [0.1, 0.15) is 30.2 Å². The molecule has 3 aromatic rings. The Hall–Kier alpha value is -2.55. The van der Waals surface area contributed by atoms with Crippen molar-refractivity contribution in [2.45, 2.75) is 37.6 Å². The van der Waals surface area contributed by atoms with Crippen LogP contribution in [0.15, 0.2) is 54.9 Å². The lowest BCUT2D eigenvalue weighted by molar-refractivity contribution is -0.277. The number of benzene rings is 2. The van der Waals surface area contributed by atoms with Gasteiger partial charge in [-0.3, -0.25) is 4.98 Å². The summed E-state index contributed by atoms with van der Waals surface area (Å²) < 4.78 is 11.2. The Labute approximate surface area is 167 Å². The molecule has 1 fully saturated rings. The second kappa shape index (κ2) is 8.06. The molecule has 7 nitrogen and oxygen atoms in total. The molecule has 7 heteroatoms. The van der Waals surface area contributed by atoms with Gasteiger partial charge in [-0.2, -0.15) is 0 Å². The maximum absolute atomic E-state index is 10.2. The lowest BCUT2D eigenvalue weighted by Gasteiger charge is -2.39. The molecule has 1 saturated heterocycles. The predicted molar refractivity (Wildman–Crippen MR) is 106 cm³/mol. The van der Waals surface area contributed by atoms with Crippen molar-refractivity contribution in [3.63, 3.8) is 0 Å². The van der Waals surface area contributed by atoms with Gasteiger partial charge in [0.15, 0.2) is 0 Å². The van der Waals surface area contributed by atoms with E-state index >= 15 is 0 Å². The molecule has 0 saturated carbocycles. The van der Waals surface area contributed by atoms with Crippen molar-refractivity contribution in [1.82, 2.24) is 4.98 Å². The summed E-state index contributed by atoms with van der Waals surface area (Å²) in [7, 11) is 0. The summed E-state index contributed by atoms with van der Waals surface area (Å²) in [6, 6.07) is 13.6. The van der Waals surface area contributed by atoms with E-state index in [4.69, 9.17) is 9.47 Å². The number of aryl methyl sites for hydroxylation is 1. The van der Waals surface area contributed by atoms with E-state index in [0.717, 1.165) is 27.5 Å². The van der Waals surface area contributed by atoms with E-state index in [-0.39, 0.29) is 0 Å². The zero-order chi connectivity index (χ0) is 20.5. The van der Waals surface area contributed by atoms with Crippen LogP contribution in [0.4, 0.5) is 0 Å². The van der Waals surface area contributed by atoms with E-state index in [1.807, 2.05) is 49.5 Å². The molecule has 4 rings (SSSR count). The number of pyridine rings is 1. The van der Waals surface area contributed by atoms with Crippen LogP contribution in [-0.2, 0) is 4.74 Å². The molecule has 1 aromatic heterocycles. The third-order valence-corrected chi connectivity index (χ3v) is 5.26. The van der Waals surface area contributed by atoms with Gasteiger partial charge < -0.3 is 29.9 Å². The summed E-state index contributed by atoms with van der Waals surface area (Å²) in [6.45, 7) is 1.37. The highest BCUT2D eigenvalue weighted by atomic mass is 16.7. The fourth-order valence-corrected chi connectivity index (χ4v) is 3.61. The summed E-state index contributed by atoms with van der Waals surface area (Å²) in [5, 5.41) is 41.4. The van der Waals surface area contributed by atoms with Gasteiger partial charge in [-0.15, -0.1) is 0 Å². The molecule has 4 N–H and O–H groups in total. The smallest absolute Gasteiger partial charge is 0.229 e. The molecule has 0 amide bonds. The van der Waals surface area contributed by atoms with E-state index in [0.29, 0.717) is 5.75 Å². The molecule has 1 aliphatic heterocycles. The highest BCUT2D eigenvalue weighted by molar-refractivity contribution is 5.96. The Bertz CT molecular complexity index is 1000. The number of aliphatic hydroxyl groups excluding tert-OH is 4. The van der Waals surface area contributed by atoms with E-state index in [1.165, 1.54) is 0 Å². The number of aromatic nitrogens is 1. The van der Waals surface area contributed by atoms with Gasteiger partial charge in [-0.1, -0.05) is 24.3 Å². The maximum atomic E-state index is 10.2. The molecular weight excluding hydrogens is 374 g/mol. The maximum Gasteiger partial charge on any atom is 0.229 e. The summed E-state index contributed by atoms with van der Waals surface area (Å²) in [4.78, 5) is 4.16. The predicted octanol–water partition coefficient (Wildman–Crippen LogP) is 1.39. The van der Waals surface area contributed by atoms with Crippen molar-refractivity contribution < 1.29 is 29.9 Å². The summed E-state index contributed by atoms with van der Waals surface area (Å²) >= 11 is 0. The quantitative estimate of drug-likeness (QED) is 0.526. The first-order valence-corrected chi connectivity index (χ1v) is 9.40. The zero-order valence-corrected chi connectivity index (χ0v) is 15.8. The minimum atomic E-state index is -1.48. The average Bonchev–Trinajstić information content (AvgIpc) is 2.75. The van der Waals surface area contributed by atoms with Crippen molar-refractivity contribution in [3.05, 3.63) is 60.4 Å². The molecule has 1 aliphatic rings.